The maximum atomic E-state index is 12.9. The Bertz CT molecular complexity index is 988. The maximum absolute atomic E-state index is 12.9. The number of hydrogen-bond acceptors (Lipinski definition) is 6. The Kier molecular flexibility index (Phi) is 7.61. The highest BCUT2D eigenvalue weighted by Crippen LogP contribution is 2.32. The van der Waals surface area contributed by atoms with Crippen LogP contribution in [-0.2, 0) is 10.5 Å². The third-order valence-corrected chi connectivity index (χ3v) is 7.45. The lowest BCUT2D eigenvalue weighted by molar-refractivity contribution is -0.0295. The first-order chi connectivity index (χ1) is 15.1. The predicted molar refractivity (Wildman–Crippen MR) is 129 cm³/mol. The van der Waals surface area contributed by atoms with Crippen LogP contribution >= 0.6 is 23.1 Å². The molecule has 2 aromatic carbocycles. The maximum Gasteiger partial charge on any atom is 0.251 e. The first-order valence-corrected chi connectivity index (χ1v) is 12.6. The molecular formula is C24H29N3O2S2. The van der Waals surface area contributed by atoms with Gasteiger partial charge in [-0.25, -0.2) is 4.98 Å². The number of ether oxygens (including phenoxy) is 1. The van der Waals surface area contributed by atoms with Crippen LogP contribution in [-0.4, -0.2) is 54.7 Å². The lowest BCUT2D eigenvalue weighted by atomic mass is 10.1. The number of aromatic nitrogens is 1. The third-order valence-electron chi connectivity index (χ3n) is 5.22. The topological polar surface area (TPSA) is 54.5 Å². The van der Waals surface area contributed by atoms with Gasteiger partial charge in [0.2, 0.25) is 0 Å². The minimum atomic E-state index is -0.0370. The Hall–Kier alpha value is -1.93. The van der Waals surface area contributed by atoms with Gasteiger partial charge in [-0.3, -0.25) is 9.69 Å². The highest BCUT2D eigenvalue weighted by atomic mass is 32.2. The third kappa shape index (κ3) is 6.07. The highest BCUT2D eigenvalue weighted by molar-refractivity contribution is 8.00. The summed E-state index contributed by atoms with van der Waals surface area (Å²) in [5, 5.41) is 3.09. The SMILES string of the molecule is CC(C)CN1CCOC(CNC(=O)c2ccccc2CSc2nc3ccccc3s2)C1. The molecule has 1 aliphatic rings. The molecule has 1 unspecified atom stereocenters. The van der Waals surface area contributed by atoms with Crippen molar-refractivity contribution in [3.63, 3.8) is 0 Å². The Labute approximate surface area is 192 Å². The molecule has 0 radical (unpaired) electrons. The average molecular weight is 456 g/mol. The Morgan fingerprint density at radius 3 is 2.90 bits per heavy atom. The summed E-state index contributed by atoms with van der Waals surface area (Å²) in [6.07, 6.45) is 0.0423. The molecular weight excluding hydrogens is 426 g/mol. The Balaban J connectivity index is 1.34. The van der Waals surface area contributed by atoms with E-state index in [9.17, 15) is 4.79 Å². The Morgan fingerprint density at radius 1 is 1.26 bits per heavy atom. The first kappa shape index (κ1) is 22.3. The fraction of sp³-hybridized carbons (Fsp3) is 0.417. The number of thioether (sulfide) groups is 1. The van der Waals surface area contributed by atoms with E-state index in [1.165, 1.54) is 4.70 Å². The average Bonchev–Trinajstić information content (AvgIpc) is 3.19. The molecule has 0 aliphatic carbocycles. The molecule has 1 aliphatic heterocycles. The van der Waals surface area contributed by atoms with E-state index in [1.807, 2.05) is 42.5 Å². The summed E-state index contributed by atoms with van der Waals surface area (Å²) in [6.45, 7) is 8.63. The first-order valence-electron chi connectivity index (χ1n) is 10.8. The van der Waals surface area contributed by atoms with E-state index in [0.717, 1.165) is 47.2 Å². The zero-order chi connectivity index (χ0) is 21.6. The lowest BCUT2D eigenvalue weighted by Crippen LogP contribution is -2.48. The number of morpholine rings is 1. The molecule has 1 aromatic heterocycles. The van der Waals surface area contributed by atoms with Gasteiger partial charge >= 0.3 is 0 Å². The van der Waals surface area contributed by atoms with Crippen LogP contribution in [0, 0.1) is 5.92 Å². The van der Waals surface area contributed by atoms with Crippen molar-refractivity contribution in [3.05, 3.63) is 59.7 Å². The van der Waals surface area contributed by atoms with Gasteiger partial charge < -0.3 is 10.1 Å². The molecule has 4 rings (SSSR count). The molecule has 164 valence electrons. The van der Waals surface area contributed by atoms with Crippen LogP contribution in [0.2, 0.25) is 0 Å². The zero-order valence-electron chi connectivity index (χ0n) is 18.0. The standard InChI is InChI=1S/C24H29N3O2S2/c1-17(2)14-27-11-12-29-19(15-27)13-25-23(28)20-8-4-3-7-18(20)16-30-24-26-21-9-5-6-10-22(21)31-24/h3-10,17,19H,11-16H2,1-2H3,(H,25,28). The van der Waals surface area contributed by atoms with E-state index in [4.69, 9.17) is 4.74 Å². The second-order valence-electron chi connectivity index (χ2n) is 8.25. The summed E-state index contributed by atoms with van der Waals surface area (Å²) < 4.78 is 8.09. The summed E-state index contributed by atoms with van der Waals surface area (Å²) >= 11 is 3.37. The van der Waals surface area contributed by atoms with E-state index < -0.39 is 0 Å². The number of rotatable bonds is 8. The number of hydrogen-bond donors (Lipinski definition) is 1. The van der Waals surface area contributed by atoms with Gasteiger partial charge in [0.15, 0.2) is 4.34 Å². The fourth-order valence-corrected chi connectivity index (χ4v) is 5.88. The van der Waals surface area contributed by atoms with E-state index in [0.29, 0.717) is 18.2 Å². The lowest BCUT2D eigenvalue weighted by Gasteiger charge is -2.34. The van der Waals surface area contributed by atoms with Gasteiger partial charge in [0.05, 0.1) is 22.9 Å². The number of benzene rings is 2. The molecule has 31 heavy (non-hydrogen) atoms. The van der Waals surface area contributed by atoms with Crippen LogP contribution in [0.3, 0.4) is 0 Å². The molecule has 1 N–H and O–H groups in total. The monoisotopic (exact) mass is 455 g/mol. The number of nitrogens with zero attached hydrogens (tertiary/aromatic N) is 2. The highest BCUT2D eigenvalue weighted by Gasteiger charge is 2.22. The Morgan fingerprint density at radius 2 is 2.06 bits per heavy atom. The van der Waals surface area contributed by atoms with E-state index in [1.54, 1.807) is 23.1 Å². The van der Waals surface area contributed by atoms with Gasteiger partial charge in [0, 0.05) is 37.5 Å². The number of para-hydroxylation sites is 1. The van der Waals surface area contributed by atoms with Crippen molar-refractivity contribution in [1.29, 1.82) is 0 Å². The van der Waals surface area contributed by atoms with Gasteiger partial charge in [-0.15, -0.1) is 11.3 Å². The minimum absolute atomic E-state index is 0.0370. The molecule has 7 heteroatoms. The van der Waals surface area contributed by atoms with Crippen molar-refractivity contribution in [1.82, 2.24) is 15.2 Å². The van der Waals surface area contributed by atoms with Crippen LogP contribution in [0.4, 0.5) is 0 Å². The summed E-state index contributed by atoms with van der Waals surface area (Å²) in [4.78, 5) is 20.0. The molecule has 2 heterocycles. The number of carbonyl (C=O) groups is 1. The number of carbonyl (C=O) groups excluding carboxylic acids is 1. The molecule has 5 nitrogen and oxygen atoms in total. The van der Waals surface area contributed by atoms with Crippen LogP contribution in [0.25, 0.3) is 10.2 Å². The second-order valence-corrected chi connectivity index (χ2v) is 10.5. The van der Waals surface area contributed by atoms with Crippen molar-refractivity contribution in [2.45, 2.75) is 30.0 Å². The number of amides is 1. The van der Waals surface area contributed by atoms with Gasteiger partial charge in [-0.05, 0) is 29.7 Å². The van der Waals surface area contributed by atoms with Crippen LogP contribution in [0.5, 0.6) is 0 Å². The van der Waals surface area contributed by atoms with E-state index in [-0.39, 0.29) is 12.0 Å². The van der Waals surface area contributed by atoms with Crippen LogP contribution in [0.15, 0.2) is 52.9 Å². The van der Waals surface area contributed by atoms with Gasteiger partial charge in [0.25, 0.3) is 5.91 Å². The molecule has 0 saturated carbocycles. The van der Waals surface area contributed by atoms with Crippen LogP contribution < -0.4 is 5.32 Å². The molecule has 1 saturated heterocycles. The summed E-state index contributed by atoms with van der Waals surface area (Å²) in [5.41, 5.74) is 2.78. The number of nitrogens with one attached hydrogen (secondary N) is 1. The van der Waals surface area contributed by atoms with Crippen molar-refractivity contribution in [2.24, 2.45) is 5.92 Å². The fourth-order valence-electron chi connectivity index (χ4n) is 3.81. The van der Waals surface area contributed by atoms with Gasteiger partial charge in [-0.1, -0.05) is 55.9 Å². The summed E-state index contributed by atoms with van der Waals surface area (Å²) in [5.74, 6) is 1.31. The summed E-state index contributed by atoms with van der Waals surface area (Å²) in [7, 11) is 0. The van der Waals surface area contributed by atoms with Crippen molar-refractivity contribution >= 4 is 39.2 Å². The molecule has 3 aromatic rings. The van der Waals surface area contributed by atoms with E-state index >= 15 is 0 Å². The molecule has 0 bridgehead atoms. The zero-order valence-corrected chi connectivity index (χ0v) is 19.7. The van der Waals surface area contributed by atoms with Crippen molar-refractivity contribution in [2.75, 3.05) is 32.8 Å². The quantitative estimate of drug-likeness (QED) is 0.500. The molecule has 1 atom stereocenters. The smallest absolute Gasteiger partial charge is 0.251 e. The number of fused-ring (bicyclic) bond motifs is 1. The van der Waals surface area contributed by atoms with Crippen molar-refractivity contribution < 1.29 is 9.53 Å². The van der Waals surface area contributed by atoms with Crippen molar-refractivity contribution in [3.8, 4) is 0 Å². The number of thiazole rings is 1. The van der Waals surface area contributed by atoms with E-state index in [2.05, 4.69) is 35.1 Å². The minimum Gasteiger partial charge on any atom is -0.374 e. The second kappa shape index (κ2) is 10.6. The molecule has 1 fully saturated rings. The van der Waals surface area contributed by atoms with Gasteiger partial charge in [-0.2, -0.15) is 0 Å². The largest absolute Gasteiger partial charge is 0.374 e. The predicted octanol–water partition coefficient (Wildman–Crippen LogP) is 4.68. The normalized spacial score (nSPS) is 17.3. The molecule has 1 amide bonds. The summed E-state index contributed by atoms with van der Waals surface area (Å²) in [6, 6.07) is 16.0. The molecule has 0 spiro atoms. The van der Waals surface area contributed by atoms with Crippen LogP contribution in [0.1, 0.15) is 29.8 Å². The van der Waals surface area contributed by atoms with Gasteiger partial charge in [0.1, 0.15) is 0 Å².